The Labute approximate surface area is 245 Å². The van der Waals surface area contributed by atoms with E-state index in [1.165, 1.54) is 5.56 Å². The average molecular weight is 544 g/mol. The van der Waals surface area contributed by atoms with Crippen molar-refractivity contribution >= 4 is 27.5 Å². The van der Waals surface area contributed by atoms with Crippen molar-refractivity contribution in [1.82, 2.24) is 4.57 Å². The van der Waals surface area contributed by atoms with Gasteiger partial charge in [0.2, 0.25) is 5.78 Å². The number of aromatic nitrogens is 1. The van der Waals surface area contributed by atoms with Crippen LogP contribution in [0.5, 0.6) is 5.75 Å². The third kappa shape index (κ3) is 4.46. The number of hydrogen-bond donors (Lipinski definition) is 0. The van der Waals surface area contributed by atoms with E-state index < -0.39 is 0 Å². The second kappa shape index (κ2) is 10.9. The number of ketones is 1. The first-order valence-electron chi connectivity index (χ1n) is 14.1. The second-order valence-corrected chi connectivity index (χ2v) is 10.4. The van der Waals surface area contributed by atoms with Gasteiger partial charge in [0.25, 0.3) is 0 Å². The van der Waals surface area contributed by atoms with Crippen molar-refractivity contribution in [2.75, 3.05) is 7.11 Å². The van der Waals surface area contributed by atoms with Gasteiger partial charge < -0.3 is 9.30 Å². The molecule has 3 heteroatoms. The minimum Gasteiger partial charge on any atom is -0.497 e. The highest BCUT2D eigenvalue weighted by molar-refractivity contribution is 6.23. The molecular formula is C39H29NO2. The second-order valence-electron chi connectivity index (χ2n) is 10.4. The van der Waals surface area contributed by atoms with Gasteiger partial charge in [0, 0.05) is 22.9 Å². The fraction of sp³-hybridized carbons (Fsp3) is 0.0513. The highest BCUT2D eigenvalue weighted by atomic mass is 16.5. The van der Waals surface area contributed by atoms with Crippen LogP contribution < -0.4 is 4.74 Å². The Morgan fingerprint density at radius 3 is 1.71 bits per heavy atom. The van der Waals surface area contributed by atoms with E-state index in [9.17, 15) is 4.79 Å². The van der Waals surface area contributed by atoms with Gasteiger partial charge in [-0.3, -0.25) is 4.79 Å². The Hall–Kier alpha value is -5.41. The largest absolute Gasteiger partial charge is 0.497 e. The van der Waals surface area contributed by atoms with Crippen LogP contribution in [0.15, 0.2) is 146 Å². The Balaban J connectivity index is 1.62. The molecule has 0 saturated heterocycles. The van der Waals surface area contributed by atoms with Crippen molar-refractivity contribution < 1.29 is 9.53 Å². The van der Waals surface area contributed by atoms with Gasteiger partial charge in [-0.1, -0.05) is 127 Å². The van der Waals surface area contributed by atoms with Crippen molar-refractivity contribution in [2.24, 2.45) is 0 Å². The summed E-state index contributed by atoms with van der Waals surface area (Å²) in [6, 6.07) is 49.4. The number of methoxy groups -OCH3 is 1. The summed E-state index contributed by atoms with van der Waals surface area (Å²) in [5, 5.41) is 3.33. The molecule has 0 bridgehead atoms. The van der Waals surface area contributed by atoms with E-state index >= 15 is 0 Å². The lowest BCUT2D eigenvalue weighted by Gasteiger charge is -2.18. The van der Waals surface area contributed by atoms with Gasteiger partial charge >= 0.3 is 0 Å². The van der Waals surface area contributed by atoms with E-state index in [2.05, 4.69) is 95.6 Å². The summed E-state index contributed by atoms with van der Waals surface area (Å²) < 4.78 is 7.62. The molecule has 0 fully saturated rings. The minimum absolute atomic E-state index is 0.00432. The van der Waals surface area contributed by atoms with Crippen molar-refractivity contribution in [3.63, 3.8) is 0 Å². The maximum absolute atomic E-state index is 14.2. The Morgan fingerprint density at radius 1 is 0.595 bits per heavy atom. The van der Waals surface area contributed by atoms with Crippen LogP contribution >= 0.6 is 0 Å². The fourth-order valence-electron chi connectivity index (χ4n) is 6.02. The number of rotatable bonds is 7. The monoisotopic (exact) mass is 543 g/mol. The van der Waals surface area contributed by atoms with Gasteiger partial charge in [-0.05, 0) is 51.4 Å². The summed E-state index contributed by atoms with van der Waals surface area (Å²) in [4.78, 5) is 14.2. The molecule has 42 heavy (non-hydrogen) atoms. The van der Waals surface area contributed by atoms with E-state index in [0.717, 1.165) is 49.7 Å². The molecular weight excluding hydrogens is 514 g/mol. The van der Waals surface area contributed by atoms with Crippen LogP contribution in [0.1, 0.15) is 21.6 Å². The molecule has 0 aliphatic carbocycles. The number of nitrogens with zero attached hydrogens (tertiary/aromatic N) is 1. The zero-order valence-corrected chi connectivity index (χ0v) is 23.3. The van der Waals surface area contributed by atoms with Crippen LogP contribution in [0, 0.1) is 0 Å². The van der Waals surface area contributed by atoms with Crippen LogP contribution in [0.4, 0.5) is 0 Å². The Bertz CT molecular complexity index is 2020. The number of carbonyl (C=O) groups excluding carboxylic acids is 1. The number of hydrogen-bond acceptors (Lipinski definition) is 2. The summed E-state index contributed by atoms with van der Waals surface area (Å²) in [6.07, 6.45) is 0. The fourth-order valence-corrected chi connectivity index (χ4v) is 6.02. The van der Waals surface area contributed by atoms with E-state index in [-0.39, 0.29) is 5.78 Å². The number of benzene rings is 6. The summed E-state index contributed by atoms with van der Waals surface area (Å²) in [6.45, 7) is 0.546. The lowest BCUT2D eigenvalue weighted by atomic mass is 9.87. The number of ether oxygens (including phenoxy) is 1. The molecule has 202 valence electrons. The molecule has 0 unspecified atom stereocenters. The van der Waals surface area contributed by atoms with E-state index in [0.29, 0.717) is 17.8 Å². The third-order valence-electron chi connectivity index (χ3n) is 7.96. The molecule has 1 aromatic heterocycles. The lowest BCUT2D eigenvalue weighted by molar-refractivity contribution is 0.103. The van der Waals surface area contributed by atoms with Gasteiger partial charge in [-0.25, -0.2) is 0 Å². The first-order valence-corrected chi connectivity index (χ1v) is 14.1. The predicted molar refractivity (Wildman–Crippen MR) is 172 cm³/mol. The molecule has 6 aromatic carbocycles. The molecule has 0 aliphatic heterocycles. The highest BCUT2D eigenvalue weighted by Gasteiger charge is 2.25. The van der Waals surface area contributed by atoms with Gasteiger partial charge in [0.1, 0.15) is 5.75 Å². The standard InChI is InChI=1S/C39H29NO2/c1-42-31-23-21-27(22-24-31)26-40-35(39(41)30-17-9-4-10-18-30)25-34-37(29-15-7-3-8-16-29)36(28-13-5-2-6-14-28)32-19-11-12-20-33(32)38(34)40/h2-25H,26H2,1H3. The molecule has 7 rings (SSSR count). The quantitative estimate of drug-likeness (QED) is 0.188. The zero-order valence-electron chi connectivity index (χ0n) is 23.3. The summed E-state index contributed by atoms with van der Waals surface area (Å²) >= 11 is 0. The van der Waals surface area contributed by atoms with Crippen LogP contribution in [0.3, 0.4) is 0 Å². The van der Waals surface area contributed by atoms with Crippen LogP contribution in [-0.2, 0) is 6.54 Å². The first kappa shape index (κ1) is 25.6. The van der Waals surface area contributed by atoms with Crippen molar-refractivity contribution in [3.05, 3.63) is 162 Å². The SMILES string of the molecule is COc1ccc(Cn2c(C(=O)c3ccccc3)cc3c(-c4ccccc4)c(-c4ccccc4)c4ccccc4c32)cc1. The van der Waals surface area contributed by atoms with Crippen molar-refractivity contribution in [3.8, 4) is 28.0 Å². The van der Waals surface area contributed by atoms with Gasteiger partial charge in [-0.15, -0.1) is 0 Å². The molecule has 0 atom stereocenters. The smallest absolute Gasteiger partial charge is 0.209 e. The van der Waals surface area contributed by atoms with Crippen LogP contribution in [-0.4, -0.2) is 17.5 Å². The van der Waals surface area contributed by atoms with E-state index in [1.54, 1.807) is 7.11 Å². The topological polar surface area (TPSA) is 31.2 Å². The average Bonchev–Trinajstić information content (AvgIpc) is 3.44. The number of carbonyl (C=O) groups is 1. The lowest BCUT2D eigenvalue weighted by Crippen LogP contribution is -2.11. The van der Waals surface area contributed by atoms with E-state index in [1.807, 2.05) is 54.6 Å². The van der Waals surface area contributed by atoms with Gasteiger partial charge in [-0.2, -0.15) is 0 Å². The maximum atomic E-state index is 14.2. The van der Waals surface area contributed by atoms with Crippen LogP contribution in [0.25, 0.3) is 43.9 Å². The van der Waals surface area contributed by atoms with Gasteiger partial charge in [0.15, 0.2) is 0 Å². The molecule has 0 N–H and O–H groups in total. The summed E-state index contributed by atoms with van der Waals surface area (Å²) in [5.41, 5.74) is 8.05. The Kier molecular flexibility index (Phi) is 6.61. The summed E-state index contributed by atoms with van der Waals surface area (Å²) in [7, 11) is 1.67. The number of fused-ring (bicyclic) bond motifs is 3. The van der Waals surface area contributed by atoms with E-state index in [4.69, 9.17) is 4.74 Å². The molecule has 1 heterocycles. The zero-order chi connectivity index (χ0) is 28.5. The maximum Gasteiger partial charge on any atom is 0.209 e. The molecule has 0 saturated carbocycles. The van der Waals surface area contributed by atoms with Crippen LogP contribution in [0.2, 0.25) is 0 Å². The third-order valence-corrected chi connectivity index (χ3v) is 7.96. The van der Waals surface area contributed by atoms with Crippen molar-refractivity contribution in [1.29, 1.82) is 0 Å². The molecule has 0 spiro atoms. The first-order chi connectivity index (χ1) is 20.7. The van der Waals surface area contributed by atoms with Gasteiger partial charge in [0.05, 0.1) is 18.3 Å². The molecule has 3 nitrogen and oxygen atoms in total. The highest BCUT2D eigenvalue weighted by Crippen LogP contribution is 2.45. The Morgan fingerprint density at radius 2 is 1.12 bits per heavy atom. The van der Waals surface area contributed by atoms with Crippen molar-refractivity contribution in [2.45, 2.75) is 6.54 Å². The normalized spacial score (nSPS) is 11.2. The summed E-state index contributed by atoms with van der Waals surface area (Å²) in [5.74, 6) is 0.811. The molecule has 0 radical (unpaired) electrons. The molecule has 0 amide bonds. The minimum atomic E-state index is 0.00432. The predicted octanol–water partition coefficient (Wildman–Crippen LogP) is 9.42. The molecule has 7 aromatic rings. The molecule has 0 aliphatic rings.